The van der Waals surface area contributed by atoms with Gasteiger partial charge in [-0.25, -0.2) is 8.78 Å². The number of hydrogen-bond donors (Lipinski definition) is 2. The summed E-state index contributed by atoms with van der Waals surface area (Å²) in [5, 5.41) is 19.1. The van der Waals surface area contributed by atoms with E-state index < -0.39 is 25.3 Å². The van der Waals surface area contributed by atoms with E-state index in [1.54, 1.807) is 0 Å². The van der Waals surface area contributed by atoms with Crippen LogP contribution in [0.4, 0.5) is 13.2 Å². The van der Waals surface area contributed by atoms with Gasteiger partial charge < -0.3 is 10.2 Å². The molecule has 0 aliphatic rings. The number of aliphatic hydroxyl groups excluding tert-OH is 2. The highest BCUT2D eigenvalue weighted by Gasteiger charge is 2.11. The Morgan fingerprint density at radius 2 is 0.957 bits per heavy atom. The van der Waals surface area contributed by atoms with E-state index >= 15 is 0 Å². The first-order chi connectivity index (χ1) is 11.1. The summed E-state index contributed by atoms with van der Waals surface area (Å²) in [6.45, 7) is -0.542. The Hall–Kier alpha value is -0.290. The summed E-state index contributed by atoms with van der Waals surface area (Å²) >= 11 is 0. The molecular formula is C18H35F3O2. The Kier molecular flexibility index (Phi) is 16.4. The Morgan fingerprint density at radius 3 is 1.39 bits per heavy atom. The van der Waals surface area contributed by atoms with Crippen LogP contribution in [0.2, 0.25) is 0 Å². The van der Waals surface area contributed by atoms with Crippen molar-refractivity contribution in [3.05, 3.63) is 0 Å². The van der Waals surface area contributed by atoms with E-state index in [0.29, 0.717) is 12.8 Å². The molecule has 0 fully saturated rings. The van der Waals surface area contributed by atoms with Crippen LogP contribution in [0.25, 0.3) is 0 Å². The minimum Gasteiger partial charge on any atom is -0.393 e. The van der Waals surface area contributed by atoms with Crippen LogP contribution in [0, 0.1) is 0 Å². The number of alkyl halides is 3. The van der Waals surface area contributed by atoms with Crippen molar-refractivity contribution in [1.82, 2.24) is 0 Å². The van der Waals surface area contributed by atoms with Gasteiger partial charge in [0.25, 0.3) is 0 Å². The van der Waals surface area contributed by atoms with Crippen LogP contribution < -0.4 is 0 Å². The van der Waals surface area contributed by atoms with E-state index in [2.05, 4.69) is 0 Å². The Bertz CT molecular complexity index is 240. The van der Waals surface area contributed by atoms with Crippen molar-refractivity contribution in [3.63, 3.8) is 0 Å². The molecule has 2 N–H and O–H groups in total. The average molecular weight is 340 g/mol. The van der Waals surface area contributed by atoms with Crippen molar-refractivity contribution in [1.29, 1.82) is 0 Å². The fourth-order valence-corrected chi connectivity index (χ4v) is 2.77. The van der Waals surface area contributed by atoms with Crippen LogP contribution >= 0.6 is 0 Å². The van der Waals surface area contributed by atoms with E-state index in [4.69, 9.17) is 0 Å². The van der Waals surface area contributed by atoms with E-state index in [-0.39, 0.29) is 19.3 Å². The number of aliphatic hydroxyl groups is 2. The topological polar surface area (TPSA) is 40.5 Å². The molecule has 0 aliphatic carbocycles. The molecule has 0 aromatic heterocycles. The molecule has 23 heavy (non-hydrogen) atoms. The molecule has 0 amide bonds. The Balaban J connectivity index is 3.18. The Labute approximate surface area is 139 Å². The van der Waals surface area contributed by atoms with E-state index in [1.165, 1.54) is 19.3 Å². The van der Waals surface area contributed by atoms with Crippen LogP contribution in [0.3, 0.4) is 0 Å². The molecule has 2 nitrogen and oxygen atoms in total. The lowest BCUT2D eigenvalue weighted by atomic mass is 10.0. The van der Waals surface area contributed by atoms with E-state index in [9.17, 15) is 23.4 Å². The molecule has 0 rings (SSSR count). The summed E-state index contributed by atoms with van der Waals surface area (Å²) in [7, 11) is 0. The lowest BCUT2D eigenvalue weighted by Gasteiger charge is -2.14. The lowest BCUT2D eigenvalue weighted by molar-refractivity contribution is 0.0658. The standard InChI is InChI=1S/C18H35F3O2/c19-14-13-17(23)15-16(22)11-9-7-5-3-1-2-4-6-8-10-12-18(20)21/h16-18,22-23H,1-15H2. The van der Waals surface area contributed by atoms with Gasteiger partial charge in [0, 0.05) is 12.8 Å². The normalized spacial score (nSPS) is 14.3. The van der Waals surface area contributed by atoms with Crippen molar-refractivity contribution in [2.24, 2.45) is 0 Å². The highest BCUT2D eigenvalue weighted by molar-refractivity contribution is 4.63. The van der Waals surface area contributed by atoms with Gasteiger partial charge in [0.2, 0.25) is 6.43 Å². The third kappa shape index (κ3) is 17.9. The van der Waals surface area contributed by atoms with Crippen LogP contribution in [-0.2, 0) is 0 Å². The minimum absolute atomic E-state index is 0.0384. The van der Waals surface area contributed by atoms with Crippen LogP contribution in [-0.4, -0.2) is 35.5 Å². The largest absolute Gasteiger partial charge is 0.393 e. The third-order valence-corrected chi connectivity index (χ3v) is 4.20. The van der Waals surface area contributed by atoms with Crippen molar-refractivity contribution >= 4 is 0 Å². The first-order valence-electron chi connectivity index (χ1n) is 9.26. The summed E-state index contributed by atoms with van der Waals surface area (Å²) in [6.07, 6.45) is 8.13. The predicted octanol–water partition coefficient (Wildman–Crippen LogP) is 5.40. The van der Waals surface area contributed by atoms with Crippen LogP contribution in [0.5, 0.6) is 0 Å². The van der Waals surface area contributed by atoms with E-state index in [0.717, 1.165) is 38.5 Å². The first kappa shape index (κ1) is 22.7. The molecule has 0 saturated heterocycles. The summed E-state index contributed by atoms with van der Waals surface area (Å²) in [6, 6.07) is 0. The number of unbranched alkanes of at least 4 members (excludes halogenated alkanes) is 9. The minimum atomic E-state index is -2.15. The van der Waals surface area contributed by atoms with Gasteiger partial charge in [0.1, 0.15) is 0 Å². The lowest BCUT2D eigenvalue weighted by Crippen LogP contribution is -2.18. The third-order valence-electron chi connectivity index (χ3n) is 4.20. The van der Waals surface area contributed by atoms with Crippen molar-refractivity contribution in [3.8, 4) is 0 Å². The molecule has 140 valence electrons. The smallest absolute Gasteiger partial charge is 0.238 e. The fraction of sp³-hybridized carbons (Fsp3) is 1.00. The van der Waals surface area contributed by atoms with Gasteiger partial charge in [-0.15, -0.1) is 0 Å². The molecule has 2 unspecified atom stereocenters. The molecule has 2 atom stereocenters. The van der Waals surface area contributed by atoms with Gasteiger partial charge in [-0.05, 0) is 19.3 Å². The summed E-state index contributed by atoms with van der Waals surface area (Å²) < 4.78 is 35.8. The monoisotopic (exact) mass is 340 g/mol. The van der Waals surface area contributed by atoms with Crippen molar-refractivity contribution < 1.29 is 23.4 Å². The maximum atomic E-state index is 12.0. The van der Waals surface area contributed by atoms with Crippen molar-refractivity contribution in [2.75, 3.05) is 6.67 Å². The fourth-order valence-electron chi connectivity index (χ4n) is 2.77. The average Bonchev–Trinajstić information content (AvgIpc) is 2.48. The Morgan fingerprint density at radius 1 is 0.565 bits per heavy atom. The molecule has 0 saturated carbocycles. The SMILES string of the molecule is OC(CCF)CC(O)CCCCCCCCCCCCC(F)F. The molecule has 0 aromatic carbocycles. The summed E-state index contributed by atoms with van der Waals surface area (Å²) in [5.74, 6) is 0. The maximum absolute atomic E-state index is 12.0. The van der Waals surface area contributed by atoms with Crippen LogP contribution in [0.15, 0.2) is 0 Å². The summed E-state index contributed by atoms with van der Waals surface area (Å²) in [5.41, 5.74) is 0. The maximum Gasteiger partial charge on any atom is 0.238 e. The molecule has 0 radical (unpaired) electrons. The molecule has 0 bridgehead atoms. The van der Waals surface area contributed by atoms with Crippen LogP contribution in [0.1, 0.15) is 89.9 Å². The van der Waals surface area contributed by atoms with Gasteiger partial charge in [0.05, 0.1) is 18.9 Å². The molecule has 0 aromatic rings. The first-order valence-corrected chi connectivity index (χ1v) is 9.26. The van der Waals surface area contributed by atoms with Gasteiger partial charge in [-0.2, -0.15) is 0 Å². The predicted molar refractivity (Wildman–Crippen MR) is 88.6 cm³/mol. The zero-order valence-corrected chi connectivity index (χ0v) is 14.4. The second-order valence-electron chi connectivity index (χ2n) is 6.52. The van der Waals surface area contributed by atoms with E-state index in [1.807, 2.05) is 0 Å². The van der Waals surface area contributed by atoms with Crippen molar-refractivity contribution in [2.45, 2.75) is 109 Å². The van der Waals surface area contributed by atoms with Gasteiger partial charge in [-0.3, -0.25) is 4.39 Å². The highest BCUT2D eigenvalue weighted by atomic mass is 19.3. The zero-order chi connectivity index (χ0) is 17.3. The molecule has 0 heterocycles. The molecular weight excluding hydrogens is 305 g/mol. The van der Waals surface area contributed by atoms with Gasteiger partial charge >= 0.3 is 0 Å². The number of rotatable bonds is 17. The molecule has 5 heteroatoms. The summed E-state index contributed by atoms with van der Waals surface area (Å²) in [4.78, 5) is 0. The molecule has 0 aliphatic heterocycles. The van der Waals surface area contributed by atoms with Gasteiger partial charge in [-0.1, -0.05) is 57.8 Å². The highest BCUT2D eigenvalue weighted by Crippen LogP contribution is 2.15. The quantitative estimate of drug-likeness (QED) is 0.348. The molecule has 0 spiro atoms. The number of halogens is 3. The van der Waals surface area contributed by atoms with Gasteiger partial charge in [0.15, 0.2) is 0 Å². The number of hydrogen-bond acceptors (Lipinski definition) is 2. The second kappa shape index (κ2) is 16.6. The second-order valence-corrected chi connectivity index (χ2v) is 6.52. The zero-order valence-electron chi connectivity index (χ0n) is 14.4.